The van der Waals surface area contributed by atoms with Crippen molar-refractivity contribution in [3.8, 4) is 11.1 Å². The zero-order chi connectivity index (χ0) is 22.8. The van der Waals surface area contributed by atoms with E-state index in [1.165, 1.54) is 0 Å². The van der Waals surface area contributed by atoms with E-state index in [4.69, 9.17) is 11.6 Å². The van der Waals surface area contributed by atoms with Gasteiger partial charge in [-0.25, -0.2) is 0 Å². The maximum atomic E-state index is 13.3. The SMILES string of the molecule is C[C@H](NSC(C)(C)C)c1cc(=O)n(C)cc1-c1ccccc1C(=O)c1ccc(Cl)cc1. The van der Waals surface area contributed by atoms with E-state index in [1.807, 2.05) is 37.4 Å². The Morgan fingerprint density at radius 1 is 1.06 bits per heavy atom. The van der Waals surface area contributed by atoms with Gasteiger partial charge in [0.25, 0.3) is 5.56 Å². The Balaban J connectivity index is 2.11. The van der Waals surface area contributed by atoms with Gasteiger partial charge in [-0.2, -0.15) is 0 Å². The van der Waals surface area contributed by atoms with E-state index in [0.717, 1.165) is 16.7 Å². The lowest BCUT2D eigenvalue weighted by Gasteiger charge is -2.24. The van der Waals surface area contributed by atoms with Crippen LogP contribution in [0.2, 0.25) is 5.02 Å². The van der Waals surface area contributed by atoms with Gasteiger partial charge < -0.3 is 4.57 Å². The van der Waals surface area contributed by atoms with Crippen molar-refractivity contribution in [3.05, 3.63) is 92.9 Å². The monoisotopic (exact) mass is 454 g/mol. The second kappa shape index (κ2) is 9.43. The summed E-state index contributed by atoms with van der Waals surface area (Å²) in [5.41, 5.74) is 3.57. The molecule has 0 bridgehead atoms. The summed E-state index contributed by atoms with van der Waals surface area (Å²) >= 11 is 7.61. The minimum atomic E-state index is -0.0909. The number of rotatable bonds is 6. The summed E-state index contributed by atoms with van der Waals surface area (Å²) in [4.78, 5) is 25.8. The zero-order valence-electron chi connectivity index (χ0n) is 18.4. The lowest BCUT2D eigenvalue weighted by Crippen LogP contribution is -2.24. The molecule has 3 aromatic rings. The van der Waals surface area contributed by atoms with Crippen LogP contribution in [0.1, 0.15) is 55.2 Å². The zero-order valence-corrected chi connectivity index (χ0v) is 20.0. The van der Waals surface area contributed by atoms with E-state index >= 15 is 0 Å². The first-order valence-corrected chi connectivity index (χ1v) is 11.3. The molecule has 0 spiro atoms. The first-order chi connectivity index (χ1) is 14.6. The van der Waals surface area contributed by atoms with Crippen LogP contribution in [0.5, 0.6) is 0 Å². The van der Waals surface area contributed by atoms with Gasteiger partial charge >= 0.3 is 0 Å². The predicted molar refractivity (Wildman–Crippen MR) is 131 cm³/mol. The van der Waals surface area contributed by atoms with Crippen LogP contribution in [0.25, 0.3) is 11.1 Å². The topological polar surface area (TPSA) is 51.1 Å². The van der Waals surface area contributed by atoms with Crippen molar-refractivity contribution in [1.82, 2.24) is 9.29 Å². The van der Waals surface area contributed by atoms with Crippen molar-refractivity contribution < 1.29 is 4.79 Å². The Morgan fingerprint density at radius 3 is 2.35 bits per heavy atom. The first kappa shape index (κ1) is 23.3. The van der Waals surface area contributed by atoms with Crippen molar-refractivity contribution >= 4 is 29.3 Å². The van der Waals surface area contributed by atoms with E-state index in [2.05, 4.69) is 25.5 Å². The first-order valence-electron chi connectivity index (χ1n) is 10.1. The van der Waals surface area contributed by atoms with Gasteiger partial charge in [-0.3, -0.25) is 14.3 Å². The fraction of sp³-hybridized carbons (Fsp3) is 0.280. The van der Waals surface area contributed by atoms with Gasteiger partial charge in [0.1, 0.15) is 0 Å². The molecule has 3 rings (SSSR count). The van der Waals surface area contributed by atoms with Crippen LogP contribution in [0, 0.1) is 0 Å². The van der Waals surface area contributed by atoms with Crippen LogP contribution in [0.4, 0.5) is 0 Å². The van der Waals surface area contributed by atoms with Crippen LogP contribution in [0.3, 0.4) is 0 Å². The number of pyridine rings is 1. The largest absolute Gasteiger partial charge is 0.318 e. The van der Waals surface area contributed by atoms with E-state index < -0.39 is 0 Å². The molecule has 31 heavy (non-hydrogen) atoms. The number of benzene rings is 2. The van der Waals surface area contributed by atoms with Crippen molar-refractivity contribution in [2.45, 2.75) is 38.5 Å². The van der Waals surface area contributed by atoms with Gasteiger partial charge in [-0.1, -0.05) is 47.8 Å². The standard InChI is InChI=1S/C25H27ClN2O2S/c1-16(27-31-25(2,3)4)21-14-23(29)28(5)15-22(21)19-8-6-7-9-20(19)24(30)17-10-12-18(26)13-11-17/h6-16,27H,1-5H3/t16-/m0/s1. The number of aromatic nitrogens is 1. The molecule has 0 aliphatic carbocycles. The Kier molecular flexibility index (Phi) is 7.10. The molecule has 4 nitrogen and oxygen atoms in total. The second-order valence-corrected chi connectivity index (χ2v) is 10.6. The molecule has 162 valence electrons. The molecule has 0 radical (unpaired) electrons. The summed E-state index contributed by atoms with van der Waals surface area (Å²) < 4.78 is 5.02. The maximum Gasteiger partial charge on any atom is 0.250 e. The smallest absolute Gasteiger partial charge is 0.250 e. The van der Waals surface area contributed by atoms with Crippen molar-refractivity contribution in [1.29, 1.82) is 0 Å². The molecule has 0 unspecified atom stereocenters. The van der Waals surface area contributed by atoms with Crippen molar-refractivity contribution in [3.63, 3.8) is 0 Å². The molecule has 1 atom stereocenters. The Labute approximate surface area is 192 Å². The highest BCUT2D eigenvalue weighted by atomic mass is 35.5. The lowest BCUT2D eigenvalue weighted by molar-refractivity contribution is 0.103. The number of carbonyl (C=O) groups excluding carboxylic acids is 1. The third kappa shape index (κ3) is 5.67. The van der Waals surface area contributed by atoms with Crippen LogP contribution in [0.15, 0.2) is 65.6 Å². The van der Waals surface area contributed by atoms with Crippen molar-refractivity contribution in [2.75, 3.05) is 0 Å². The molecule has 0 aliphatic heterocycles. The molecular weight excluding hydrogens is 428 g/mol. The summed E-state index contributed by atoms with van der Waals surface area (Å²) in [5, 5.41) is 0.585. The minimum absolute atomic E-state index is 0.0244. The number of halogens is 1. The minimum Gasteiger partial charge on any atom is -0.318 e. The number of hydrogen-bond donors (Lipinski definition) is 1. The van der Waals surface area contributed by atoms with Crippen LogP contribution < -0.4 is 10.3 Å². The summed E-state index contributed by atoms with van der Waals surface area (Å²) in [6.45, 7) is 8.41. The molecule has 1 heterocycles. The third-order valence-electron chi connectivity index (χ3n) is 4.84. The van der Waals surface area contributed by atoms with E-state index in [9.17, 15) is 9.59 Å². The van der Waals surface area contributed by atoms with Crippen LogP contribution in [-0.4, -0.2) is 15.1 Å². The van der Waals surface area contributed by atoms with Gasteiger partial charge in [0.05, 0.1) is 0 Å². The average molecular weight is 455 g/mol. The number of nitrogens with zero attached hydrogens (tertiary/aromatic N) is 1. The molecule has 0 fully saturated rings. The molecule has 6 heteroatoms. The average Bonchev–Trinajstić information content (AvgIpc) is 2.73. The molecule has 0 amide bonds. The van der Waals surface area contributed by atoms with Gasteiger partial charge in [0, 0.05) is 51.8 Å². The maximum absolute atomic E-state index is 13.3. The van der Waals surface area contributed by atoms with Gasteiger partial charge in [-0.05, 0) is 63.1 Å². The highest BCUT2D eigenvalue weighted by molar-refractivity contribution is 7.98. The number of hydrogen-bond acceptors (Lipinski definition) is 4. The number of nitrogens with one attached hydrogen (secondary N) is 1. The van der Waals surface area contributed by atoms with E-state index in [-0.39, 0.29) is 22.1 Å². The third-order valence-corrected chi connectivity index (χ3v) is 6.17. The predicted octanol–water partition coefficient (Wildman–Crippen LogP) is 6.03. The molecule has 1 aromatic heterocycles. The number of aryl methyl sites for hydroxylation is 1. The molecular formula is C25H27ClN2O2S. The Hall–Kier alpha value is -2.34. The van der Waals surface area contributed by atoms with Crippen LogP contribution in [-0.2, 0) is 7.05 Å². The highest BCUT2D eigenvalue weighted by Gasteiger charge is 2.21. The lowest BCUT2D eigenvalue weighted by atomic mass is 9.91. The van der Waals surface area contributed by atoms with Crippen molar-refractivity contribution in [2.24, 2.45) is 7.05 Å². The Morgan fingerprint density at radius 2 is 1.71 bits per heavy atom. The van der Waals surface area contributed by atoms with Gasteiger partial charge in [-0.15, -0.1) is 0 Å². The van der Waals surface area contributed by atoms with E-state index in [1.54, 1.807) is 53.9 Å². The van der Waals surface area contributed by atoms with Crippen LogP contribution >= 0.6 is 23.5 Å². The fourth-order valence-electron chi connectivity index (χ4n) is 3.23. The van der Waals surface area contributed by atoms with Gasteiger partial charge in [0.2, 0.25) is 0 Å². The van der Waals surface area contributed by atoms with E-state index in [0.29, 0.717) is 16.1 Å². The Bertz CT molecular complexity index is 1150. The highest BCUT2D eigenvalue weighted by Crippen LogP contribution is 2.33. The molecule has 0 aliphatic rings. The summed E-state index contributed by atoms with van der Waals surface area (Å²) in [5.74, 6) is -0.0863. The number of carbonyl (C=O) groups is 1. The normalized spacial score (nSPS) is 12.6. The fourth-order valence-corrected chi connectivity index (χ4v) is 4.01. The molecule has 0 saturated heterocycles. The molecule has 0 saturated carbocycles. The second-order valence-electron chi connectivity index (χ2n) is 8.53. The number of ketones is 1. The van der Waals surface area contributed by atoms with Gasteiger partial charge in [0.15, 0.2) is 5.78 Å². The summed E-state index contributed by atoms with van der Waals surface area (Å²) in [6.07, 6.45) is 1.81. The summed E-state index contributed by atoms with van der Waals surface area (Å²) in [6, 6.07) is 16.0. The molecule has 1 N–H and O–H groups in total. The quantitative estimate of drug-likeness (QED) is 0.364. The molecule has 2 aromatic carbocycles. The summed E-state index contributed by atoms with van der Waals surface area (Å²) in [7, 11) is 1.72.